The SMILES string of the molecule is CC(C)Cc1nc2c(-n3ncc(C(F)(F)F)cc3=O)c(F)cc(Cl)c2o1. The van der Waals surface area contributed by atoms with Crippen molar-refractivity contribution in [3.05, 3.63) is 51.0 Å². The molecular weight excluding hydrogens is 378 g/mol. The maximum absolute atomic E-state index is 14.5. The Kier molecular flexibility index (Phi) is 4.51. The molecule has 138 valence electrons. The molecule has 0 unspecified atom stereocenters. The van der Waals surface area contributed by atoms with Gasteiger partial charge in [0, 0.05) is 12.5 Å². The van der Waals surface area contributed by atoms with Crippen LogP contribution in [0.2, 0.25) is 5.02 Å². The molecule has 3 aromatic rings. The summed E-state index contributed by atoms with van der Waals surface area (Å²) < 4.78 is 58.6. The van der Waals surface area contributed by atoms with Crippen molar-refractivity contribution in [3.63, 3.8) is 0 Å². The van der Waals surface area contributed by atoms with Gasteiger partial charge in [0.2, 0.25) is 0 Å². The molecule has 0 aliphatic heterocycles. The summed E-state index contributed by atoms with van der Waals surface area (Å²) in [6.07, 6.45) is -3.87. The first-order valence-electron chi connectivity index (χ1n) is 7.52. The van der Waals surface area contributed by atoms with Crippen LogP contribution in [0.4, 0.5) is 17.6 Å². The molecule has 1 aromatic carbocycles. The van der Waals surface area contributed by atoms with Gasteiger partial charge in [-0.3, -0.25) is 4.79 Å². The smallest absolute Gasteiger partial charge is 0.418 e. The minimum absolute atomic E-state index is 0.0346. The van der Waals surface area contributed by atoms with Gasteiger partial charge in [0.25, 0.3) is 5.56 Å². The molecule has 0 aliphatic carbocycles. The third kappa shape index (κ3) is 3.31. The van der Waals surface area contributed by atoms with E-state index >= 15 is 0 Å². The van der Waals surface area contributed by atoms with Gasteiger partial charge in [-0.2, -0.15) is 23.0 Å². The number of rotatable bonds is 3. The van der Waals surface area contributed by atoms with Crippen molar-refractivity contribution in [3.8, 4) is 5.69 Å². The molecule has 0 saturated heterocycles. The minimum atomic E-state index is -4.74. The normalized spacial score (nSPS) is 12.3. The van der Waals surface area contributed by atoms with Gasteiger partial charge >= 0.3 is 6.18 Å². The van der Waals surface area contributed by atoms with Gasteiger partial charge in [-0.15, -0.1) is 0 Å². The lowest BCUT2D eigenvalue weighted by molar-refractivity contribution is -0.138. The van der Waals surface area contributed by atoms with E-state index in [0.717, 1.165) is 6.07 Å². The van der Waals surface area contributed by atoms with Crippen molar-refractivity contribution in [1.29, 1.82) is 0 Å². The van der Waals surface area contributed by atoms with E-state index in [1.54, 1.807) is 0 Å². The van der Waals surface area contributed by atoms with E-state index in [2.05, 4.69) is 10.1 Å². The van der Waals surface area contributed by atoms with Crippen LogP contribution < -0.4 is 5.56 Å². The summed E-state index contributed by atoms with van der Waals surface area (Å²) in [4.78, 5) is 16.2. The summed E-state index contributed by atoms with van der Waals surface area (Å²) in [5.41, 5.74) is -2.85. The average Bonchev–Trinajstić information content (AvgIpc) is 2.90. The van der Waals surface area contributed by atoms with Crippen LogP contribution in [0.5, 0.6) is 0 Å². The summed E-state index contributed by atoms with van der Waals surface area (Å²) in [6, 6.07) is 1.23. The standard InChI is InChI=1S/C16H12ClF4N3O2/c1-7(2)3-11-23-13-14(10(18)5-9(17)15(13)26-11)24-12(25)4-8(6-22-24)16(19,20)21/h4-7H,3H2,1-2H3. The van der Waals surface area contributed by atoms with E-state index in [9.17, 15) is 22.4 Å². The zero-order chi connectivity index (χ0) is 19.2. The number of halogens is 5. The largest absolute Gasteiger partial charge is 0.439 e. The van der Waals surface area contributed by atoms with Gasteiger partial charge in [-0.25, -0.2) is 9.37 Å². The van der Waals surface area contributed by atoms with Crippen LogP contribution in [0.15, 0.2) is 27.5 Å². The maximum Gasteiger partial charge on any atom is 0.418 e. The fourth-order valence-corrected chi connectivity index (χ4v) is 2.64. The van der Waals surface area contributed by atoms with Crippen LogP contribution in [0.1, 0.15) is 25.3 Å². The number of benzene rings is 1. The van der Waals surface area contributed by atoms with Crippen molar-refractivity contribution in [2.45, 2.75) is 26.4 Å². The summed E-state index contributed by atoms with van der Waals surface area (Å²) in [5, 5.41) is 3.38. The third-order valence-electron chi connectivity index (χ3n) is 3.51. The first kappa shape index (κ1) is 18.4. The van der Waals surface area contributed by atoms with Crippen LogP contribution in [0.25, 0.3) is 16.8 Å². The molecule has 0 spiro atoms. The Morgan fingerprint density at radius 3 is 2.58 bits per heavy atom. The number of aromatic nitrogens is 3. The molecule has 5 nitrogen and oxygen atoms in total. The summed E-state index contributed by atoms with van der Waals surface area (Å²) >= 11 is 5.97. The number of hydrogen-bond acceptors (Lipinski definition) is 4. The molecule has 2 heterocycles. The monoisotopic (exact) mass is 389 g/mol. The fraction of sp³-hybridized carbons (Fsp3) is 0.312. The Bertz CT molecular complexity index is 1040. The van der Waals surface area contributed by atoms with E-state index < -0.39 is 28.8 Å². The first-order valence-corrected chi connectivity index (χ1v) is 7.90. The van der Waals surface area contributed by atoms with Gasteiger partial charge < -0.3 is 4.42 Å². The number of nitrogens with zero attached hydrogens (tertiary/aromatic N) is 3. The van der Waals surface area contributed by atoms with Crippen molar-refractivity contribution in [2.75, 3.05) is 0 Å². The molecule has 0 radical (unpaired) electrons. The predicted octanol–water partition coefficient (Wildman–Crippen LogP) is 4.38. The molecule has 0 bridgehead atoms. The van der Waals surface area contributed by atoms with Crippen molar-refractivity contribution in [2.24, 2.45) is 5.92 Å². The molecule has 3 rings (SSSR count). The third-order valence-corrected chi connectivity index (χ3v) is 3.80. The van der Waals surface area contributed by atoms with Crippen molar-refractivity contribution >= 4 is 22.7 Å². The second kappa shape index (κ2) is 6.39. The summed E-state index contributed by atoms with van der Waals surface area (Å²) in [7, 11) is 0. The van der Waals surface area contributed by atoms with Crippen LogP contribution in [-0.4, -0.2) is 14.8 Å². The lowest BCUT2D eigenvalue weighted by atomic mass is 10.1. The van der Waals surface area contributed by atoms with E-state index in [0.29, 0.717) is 23.4 Å². The topological polar surface area (TPSA) is 60.9 Å². The lowest BCUT2D eigenvalue weighted by Crippen LogP contribution is -2.24. The first-order chi connectivity index (χ1) is 12.1. The zero-order valence-electron chi connectivity index (χ0n) is 13.6. The minimum Gasteiger partial charge on any atom is -0.439 e. The molecule has 10 heteroatoms. The number of hydrogen-bond donors (Lipinski definition) is 0. The zero-order valence-corrected chi connectivity index (χ0v) is 14.3. The van der Waals surface area contributed by atoms with Crippen LogP contribution >= 0.6 is 11.6 Å². The predicted molar refractivity (Wildman–Crippen MR) is 85.9 cm³/mol. The molecule has 2 aromatic heterocycles. The highest BCUT2D eigenvalue weighted by atomic mass is 35.5. The van der Waals surface area contributed by atoms with Crippen LogP contribution in [-0.2, 0) is 12.6 Å². The molecule has 26 heavy (non-hydrogen) atoms. The molecule has 0 aliphatic rings. The number of oxazole rings is 1. The second-order valence-electron chi connectivity index (χ2n) is 6.06. The summed E-state index contributed by atoms with van der Waals surface area (Å²) in [6.45, 7) is 3.83. The van der Waals surface area contributed by atoms with E-state index in [1.165, 1.54) is 0 Å². The molecule has 0 N–H and O–H groups in total. The average molecular weight is 390 g/mol. The van der Waals surface area contributed by atoms with E-state index in [4.69, 9.17) is 16.0 Å². The highest BCUT2D eigenvalue weighted by molar-refractivity contribution is 6.35. The van der Waals surface area contributed by atoms with Gasteiger partial charge in [0.05, 0.1) is 16.8 Å². The summed E-state index contributed by atoms with van der Waals surface area (Å²) in [5.74, 6) is -0.507. The second-order valence-corrected chi connectivity index (χ2v) is 6.47. The van der Waals surface area contributed by atoms with Gasteiger partial charge in [-0.1, -0.05) is 25.4 Å². The maximum atomic E-state index is 14.5. The lowest BCUT2D eigenvalue weighted by Gasteiger charge is -2.09. The van der Waals surface area contributed by atoms with Gasteiger partial charge in [0.15, 0.2) is 17.3 Å². The number of alkyl halides is 3. The Labute approximate surface area is 149 Å². The van der Waals surface area contributed by atoms with Gasteiger partial charge in [-0.05, 0) is 12.0 Å². The Morgan fingerprint density at radius 2 is 2.00 bits per heavy atom. The highest BCUT2D eigenvalue weighted by Crippen LogP contribution is 2.32. The highest BCUT2D eigenvalue weighted by Gasteiger charge is 2.32. The molecule has 0 atom stereocenters. The quantitative estimate of drug-likeness (QED) is 0.623. The van der Waals surface area contributed by atoms with Crippen LogP contribution in [0.3, 0.4) is 0 Å². The Hall–Kier alpha value is -2.42. The molecular formula is C16H12ClF4N3O2. The Balaban J connectivity index is 2.25. The Morgan fingerprint density at radius 1 is 1.31 bits per heavy atom. The number of fused-ring (bicyclic) bond motifs is 1. The van der Waals surface area contributed by atoms with Gasteiger partial charge in [0.1, 0.15) is 11.2 Å². The van der Waals surface area contributed by atoms with Crippen molar-refractivity contribution < 1.29 is 22.0 Å². The van der Waals surface area contributed by atoms with E-state index in [1.807, 2.05) is 13.8 Å². The van der Waals surface area contributed by atoms with Crippen molar-refractivity contribution in [1.82, 2.24) is 14.8 Å². The van der Waals surface area contributed by atoms with E-state index in [-0.39, 0.29) is 27.9 Å². The fourth-order valence-electron chi connectivity index (χ4n) is 2.41. The molecule has 0 fully saturated rings. The van der Waals surface area contributed by atoms with Crippen LogP contribution in [0, 0.1) is 11.7 Å². The molecule has 0 saturated carbocycles. The molecule has 0 amide bonds.